The molecule has 0 spiro atoms. The van der Waals surface area contributed by atoms with Crippen molar-refractivity contribution in [3.05, 3.63) is 45.4 Å². The Hall–Kier alpha value is -1.57. The molecule has 1 heterocycles. The molecule has 7 heteroatoms. The van der Waals surface area contributed by atoms with Crippen LogP contribution in [0.25, 0.3) is 0 Å². The van der Waals surface area contributed by atoms with Gasteiger partial charge in [-0.25, -0.2) is 18.1 Å². The predicted molar refractivity (Wildman–Crippen MR) is 82.1 cm³/mol. The number of ketones is 1. The Balaban J connectivity index is 2.12. The SMILES string of the molecule is CC(=O)c1ccc(S(=O)(=O)NCc2nc(C)c(C)s2)cc1. The Morgan fingerprint density at radius 2 is 1.86 bits per heavy atom. The third-order valence-corrected chi connectivity index (χ3v) is 5.55. The first-order valence-electron chi connectivity index (χ1n) is 6.33. The van der Waals surface area contributed by atoms with Crippen molar-refractivity contribution in [1.82, 2.24) is 9.71 Å². The number of hydrogen-bond acceptors (Lipinski definition) is 5. The summed E-state index contributed by atoms with van der Waals surface area (Å²) in [6.07, 6.45) is 0. The molecular weight excluding hydrogens is 308 g/mol. The minimum atomic E-state index is -3.60. The van der Waals surface area contributed by atoms with Crippen molar-refractivity contribution in [3.8, 4) is 0 Å². The molecule has 0 amide bonds. The van der Waals surface area contributed by atoms with Gasteiger partial charge in [0.05, 0.1) is 17.1 Å². The Labute approximate surface area is 128 Å². The van der Waals surface area contributed by atoms with Gasteiger partial charge in [0.15, 0.2) is 5.78 Å². The summed E-state index contributed by atoms with van der Waals surface area (Å²) in [6, 6.07) is 5.87. The fourth-order valence-electron chi connectivity index (χ4n) is 1.72. The van der Waals surface area contributed by atoms with Crippen molar-refractivity contribution in [1.29, 1.82) is 0 Å². The van der Waals surface area contributed by atoms with E-state index in [-0.39, 0.29) is 17.2 Å². The van der Waals surface area contributed by atoms with Gasteiger partial charge in [-0.1, -0.05) is 12.1 Å². The summed E-state index contributed by atoms with van der Waals surface area (Å²) in [6.45, 7) is 5.45. The second kappa shape index (κ2) is 6.05. The van der Waals surface area contributed by atoms with E-state index in [1.807, 2.05) is 13.8 Å². The number of thiazole rings is 1. The molecule has 2 aromatic rings. The minimum absolute atomic E-state index is 0.0966. The van der Waals surface area contributed by atoms with Gasteiger partial charge in [0.1, 0.15) is 5.01 Å². The molecular formula is C14H16N2O3S2. The third kappa shape index (κ3) is 3.75. The fraction of sp³-hybridized carbons (Fsp3) is 0.286. The molecule has 0 radical (unpaired) electrons. The summed E-state index contributed by atoms with van der Waals surface area (Å²) in [7, 11) is -3.60. The Morgan fingerprint density at radius 3 is 2.33 bits per heavy atom. The van der Waals surface area contributed by atoms with Crippen molar-refractivity contribution in [3.63, 3.8) is 0 Å². The topological polar surface area (TPSA) is 76.1 Å². The fourth-order valence-corrected chi connectivity index (χ4v) is 3.68. The largest absolute Gasteiger partial charge is 0.295 e. The molecule has 0 aliphatic heterocycles. The van der Waals surface area contributed by atoms with Crippen LogP contribution in [0.4, 0.5) is 0 Å². The van der Waals surface area contributed by atoms with Gasteiger partial charge in [-0.3, -0.25) is 4.79 Å². The molecule has 5 nitrogen and oxygen atoms in total. The second-order valence-corrected chi connectivity index (χ2v) is 7.71. The molecule has 2 rings (SSSR count). The first kappa shape index (κ1) is 15.8. The quantitative estimate of drug-likeness (QED) is 0.857. The van der Waals surface area contributed by atoms with Crippen LogP contribution in [0.3, 0.4) is 0 Å². The number of benzene rings is 1. The van der Waals surface area contributed by atoms with Crippen LogP contribution < -0.4 is 4.72 Å². The van der Waals surface area contributed by atoms with Gasteiger partial charge in [-0.2, -0.15) is 0 Å². The molecule has 112 valence electrons. The zero-order valence-electron chi connectivity index (χ0n) is 12.0. The van der Waals surface area contributed by atoms with Crippen LogP contribution in [0.5, 0.6) is 0 Å². The van der Waals surface area contributed by atoms with Crippen molar-refractivity contribution < 1.29 is 13.2 Å². The van der Waals surface area contributed by atoms with Crippen LogP contribution in [0.1, 0.15) is 32.9 Å². The van der Waals surface area contributed by atoms with Crippen molar-refractivity contribution >= 4 is 27.1 Å². The maximum atomic E-state index is 12.2. The lowest BCUT2D eigenvalue weighted by Gasteiger charge is -2.05. The summed E-state index contributed by atoms with van der Waals surface area (Å²) in [4.78, 5) is 16.7. The minimum Gasteiger partial charge on any atom is -0.295 e. The van der Waals surface area contributed by atoms with Gasteiger partial charge in [0, 0.05) is 10.4 Å². The third-order valence-electron chi connectivity index (χ3n) is 3.06. The zero-order chi connectivity index (χ0) is 15.6. The summed E-state index contributed by atoms with van der Waals surface area (Å²) in [5.41, 5.74) is 1.40. The molecule has 0 saturated carbocycles. The van der Waals surface area contributed by atoms with Gasteiger partial charge >= 0.3 is 0 Å². The van der Waals surface area contributed by atoms with Crippen molar-refractivity contribution in [2.45, 2.75) is 32.2 Å². The van der Waals surface area contributed by atoms with E-state index in [4.69, 9.17) is 0 Å². The Bertz CT molecular complexity index is 743. The first-order chi connectivity index (χ1) is 9.79. The summed E-state index contributed by atoms with van der Waals surface area (Å²) >= 11 is 1.47. The van der Waals surface area contributed by atoms with Gasteiger partial charge in [0.25, 0.3) is 0 Å². The molecule has 21 heavy (non-hydrogen) atoms. The molecule has 0 fully saturated rings. The van der Waals surface area contributed by atoms with Crippen LogP contribution in [0, 0.1) is 13.8 Å². The average molecular weight is 324 g/mol. The normalized spacial score (nSPS) is 11.6. The Morgan fingerprint density at radius 1 is 1.24 bits per heavy atom. The van der Waals surface area contributed by atoms with Gasteiger partial charge < -0.3 is 0 Å². The lowest BCUT2D eigenvalue weighted by molar-refractivity contribution is 0.101. The van der Waals surface area contributed by atoms with E-state index >= 15 is 0 Å². The molecule has 0 atom stereocenters. The zero-order valence-corrected chi connectivity index (χ0v) is 13.6. The Kier molecular flexibility index (Phi) is 4.55. The number of carbonyl (C=O) groups is 1. The molecule has 1 aromatic heterocycles. The number of aromatic nitrogens is 1. The monoisotopic (exact) mass is 324 g/mol. The molecule has 0 unspecified atom stereocenters. The van der Waals surface area contributed by atoms with E-state index in [0.29, 0.717) is 5.56 Å². The number of aryl methyl sites for hydroxylation is 2. The van der Waals surface area contributed by atoms with E-state index < -0.39 is 10.0 Å². The van der Waals surface area contributed by atoms with Crippen molar-refractivity contribution in [2.75, 3.05) is 0 Å². The average Bonchev–Trinajstić information content (AvgIpc) is 2.76. The van der Waals surface area contributed by atoms with E-state index in [0.717, 1.165) is 15.6 Å². The second-order valence-electron chi connectivity index (χ2n) is 4.65. The maximum Gasteiger partial charge on any atom is 0.240 e. The van der Waals surface area contributed by atoms with E-state index in [9.17, 15) is 13.2 Å². The van der Waals surface area contributed by atoms with E-state index in [2.05, 4.69) is 9.71 Å². The van der Waals surface area contributed by atoms with Crippen LogP contribution in [-0.4, -0.2) is 19.2 Å². The smallest absolute Gasteiger partial charge is 0.240 e. The highest BCUT2D eigenvalue weighted by atomic mass is 32.2. The van der Waals surface area contributed by atoms with Gasteiger partial charge in [-0.05, 0) is 32.9 Å². The molecule has 0 aliphatic carbocycles. The van der Waals surface area contributed by atoms with Crippen LogP contribution in [0.2, 0.25) is 0 Å². The van der Waals surface area contributed by atoms with Crippen LogP contribution in [0.15, 0.2) is 29.2 Å². The number of rotatable bonds is 5. The number of nitrogens with one attached hydrogen (secondary N) is 1. The molecule has 0 saturated heterocycles. The summed E-state index contributed by atoms with van der Waals surface area (Å²) in [5, 5.41) is 0.730. The van der Waals surface area contributed by atoms with Crippen LogP contribution >= 0.6 is 11.3 Å². The van der Waals surface area contributed by atoms with Crippen LogP contribution in [-0.2, 0) is 16.6 Å². The number of Topliss-reactive ketones (excluding diaryl/α,β-unsaturated/α-hetero) is 1. The lowest BCUT2D eigenvalue weighted by Crippen LogP contribution is -2.23. The standard InChI is InChI=1S/C14H16N2O3S2/c1-9-11(3)20-14(16-9)8-15-21(18,19)13-6-4-12(5-7-13)10(2)17/h4-7,15H,8H2,1-3H3. The molecule has 1 aromatic carbocycles. The lowest BCUT2D eigenvalue weighted by atomic mass is 10.2. The number of hydrogen-bond donors (Lipinski definition) is 1. The summed E-state index contributed by atoms with van der Waals surface area (Å²) < 4.78 is 26.8. The highest BCUT2D eigenvalue weighted by molar-refractivity contribution is 7.89. The number of sulfonamides is 1. The summed E-state index contributed by atoms with van der Waals surface area (Å²) in [5.74, 6) is -0.0966. The predicted octanol–water partition coefficient (Wildman–Crippen LogP) is 2.44. The highest BCUT2D eigenvalue weighted by Crippen LogP contribution is 2.17. The van der Waals surface area contributed by atoms with E-state index in [1.54, 1.807) is 0 Å². The van der Waals surface area contributed by atoms with Gasteiger partial charge in [0.2, 0.25) is 10.0 Å². The maximum absolute atomic E-state index is 12.2. The first-order valence-corrected chi connectivity index (χ1v) is 8.63. The highest BCUT2D eigenvalue weighted by Gasteiger charge is 2.15. The van der Waals surface area contributed by atoms with E-state index in [1.165, 1.54) is 42.5 Å². The molecule has 1 N–H and O–H groups in total. The number of carbonyl (C=O) groups excluding carboxylic acids is 1. The molecule has 0 aliphatic rings. The van der Waals surface area contributed by atoms with Gasteiger partial charge in [-0.15, -0.1) is 11.3 Å². The number of nitrogens with zero attached hydrogens (tertiary/aromatic N) is 1. The van der Waals surface area contributed by atoms with Crippen molar-refractivity contribution in [2.24, 2.45) is 0 Å². The molecule has 0 bridgehead atoms.